The minimum atomic E-state index is -0.256. The van der Waals surface area contributed by atoms with Crippen molar-refractivity contribution in [3.05, 3.63) is 66.1 Å². The van der Waals surface area contributed by atoms with E-state index in [1.54, 1.807) is 0 Å². The van der Waals surface area contributed by atoms with Crippen LogP contribution in [0.15, 0.2) is 59.0 Å². The van der Waals surface area contributed by atoms with Crippen molar-refractivity contribution >= 4 is 17.0 Å². The Balaban J connectivity index is 1.19. The Morgan fingerprint density at radius 1 is 0.963 bits per heavy atom. The van der Waals surface area contributed by atoms with Gasteiger partial charge in [-0.3, -0.25) is 14.6 Å². The molecule has 0 unspecified atom stereocenters. The van der Waals surface area contributed by atoms with E-state index in [4.69, 9.17) is 4.42 Å². The maximum atomic E-state index is 12.2. The van der Waals surface area contributed by atoms with Crippen molar-refractivity contribution < 1.29 is 9.21 Å². The first-order chi connectivity index (χ1) is 13.3. The molecule has 1 saturated heterocycles. The van der Waals surface area contributed by atoms with Crippen LogP contribution in [0.2, 0.25) is 0 Å². The predicted octanol–water partition coefficient (Wildman–Crippen LogP) is 2.38. The SMILES string of the molecule is O=C(NCCN1CCN(Cc2ccccc2)CC1)c1nc2ccccc2o1. The third kappa shape index (κ3) is 4.53. The van der Waals surface area contributed by atoms with Gasteiger partial charge in [-0.15, -0.1) is 0 Å². The number of aromatic nitrogens is 1. The number of benzene rings is 2. The number of carbonyl (C=O) groups is 1. The summed E-state index contributed by atoms with van der Waals surface area (Å²) in [5.41, 5.74) is 2.70. The molecule has 1 fully saturated rings. The lowest BCUT2D eigenvalue weighted by molar-refractivity contribution is 0.0903. The number of rotatable bonds is 6. The lowest BCUT2D eigenvalue weighted by atomic mass is 10.2. The normalized spacial score (nSPS) is 15.9. The summed E-state index contributed by atoms with van der Waals surface area (Å²) in [5, 5.41) is 2.91. The first kappa shape index (κ1) is 17.7. The van der Waals surface area contributed by atoms with Gasteiger partial charge in [0.25, 0.3) is 5.89 Å². The van der Waals surface area contributed by atoms with Crippen LogP contribution in [0, 0.1) is 0 Å². The second-order valence-corrected chi connectivity index (χ2v) is 6.85. The number of oxazole rings is 1. The summed E-state index contributed by atoms with van der Waals surface area (Å²) in [7, 11) is 0. The number of hydrogen-bond acceptors (Lipinski definition) is 5. The van der Waals surface area contributed by atoms with E-state index in [-0.39, 0.29) is 11.8 Å². The monoisotopic (exact) mass is 364 g/mol. The van der Waals surface area contributed by atoms with Crippen LogP contribution in [0.3, 0.4) is 0 Å². The van der Waals surface area contributed by atoms with Gasteiger partial charge in [0, 0.05) is 45.8 Å². The van der Waals surface area contributed by atoms with E-state index >= 15 is 0 Å². The molecule has 1 N–H and O–H groups in total. The highest BCUT2D eigenvalue weighted by molar-refractivity contribution is 5.92. The first-order valence-corrected chi connectivity index (χ1v) is 9.40. The molecule has 0 bridgehead atoms. The Kier molecular flexibility index (Phi) is 5.46. The molecule has 6 heteroatoms. The molecule has 140 valence electrons. The molecule has 3 aromatic rings. The van der Waals surface area contributed by atoms with Crippen molar-refractivity contribution in [3.63, 3.8) is 0 Å². The van der Waals surface area contributed by atoms with Crippen LogP contribution < -0.4 is 5.32 Å². The van der Waals surface area contributed by atoms with Gasteiger partial charge in [0.1, 0.15) is 5.52 Å². The third-order valence-corrected chi connectivity index (χ3v) is 4.92. The number of amides is 1. The van der Waals surface area contributed by atoms with E-state index < -0.39 is 0 Å². The molecule has 27 heavy (non-hydrogen) atoms. The van der Waals surface area contributed by atoms with Gasteiger partial charge in [0.2, 0.25) is 0 Å². The second-order valence-electron chi connectivity index (χ2n) is 6.85. The Bertz CT molecular complexity index is 852. The molecule has 0 radical (unpaired) electrons. The molecular weight excluding hydrogens is 340 g/mol. The van der Waals surface area contributed by atoms with Gasteiger partial charge in [-0.05, 0) is 17.7 Å². The fourth-order valence-corrected chi connectivity index (χ4v) is 3.39. The minimum Gasteiger partial charge on any atom is -0.432 e. The Morgan fingerprint density at radius 3 is 2.44 bits per heavy atom. The van der Waals surface area contributed by atoms with Gasteiger partial charge in [-0.1, -0.05) is 42.5 Å². The highest BCUT2D eigenvalue weighted by atomic mass is 16.4. The number of fused-ring (bicyclic) bond motifs is 1. The number of nitrogens with zero attached hydrogens (tertiary/aromatic N) is 3. The average Bonchev–Trinajstić information content (AvgIpc) is 3.14. The predicted molar refractivity (Wildman–Crippen MR) is 105 cm³/mol. The van der Waals surface area contributed by atoms with Crippen molar-refractivity contribution in [3.8, 4) is 0 Å². The summed E-state index contributed by atoms with van der Waals surface area (Å²) in [6.45, 7) is 6.57. The summed E-state index contributed by atoms with van der Waals surface area (Å²) < 4.78 is 5.50. The van der Waals surface area contributed by atoms with Crippen LogP contribution in [0.1, 0.15) is 16.2 Å². The molecule has 0 saturated carbocycles. The summed E-state index contributed by atoms with van der Waals surface area (Å²) in [6.07, 6.45) is 0. The summed E-state index contributed by atoms with van der Waals surface area (Å²) in [5.74, 6) is -0.127. The maximum Gasteiger partial charge on any atom is 0.307 e. The molecule has 2 heterocycles. The van der Waals surface area contributed by atoms with Gasteiger partial charge in [-0.25, -0.2) is 4.98 Å². The van der Waals surface area contributed by atoms with Gasteiger partial charge < -0.3 is 9.73 Å². The molecule has 0 spiro atoms. The maximum absolute atomic E-state index is 12.2. The van der Waals surface area contributed by atoms with Crippen LogP contribution in [0.4, 0.5) is 0 Å². The van der Waals surface area contributed by atoms with E-state index in [9.17, 15) is 4.79 Å². The lowest BCUT2D eigenvalue weighted by Crippen LogP contribution is -2.48. The topological polar surface area (TPSA) is 61.6 Å². The van der Waals surface area contributed by atoms with Crippen molar-refractivity contribution in [1.29, 1.82) is 0 Å². The molecule has 2 aromatic carbocycles. The van der Waals surface area contributed by atoms with Crippen molar-refractivity contribution in [1.82, 2.24) is 20.1 Å². The van der Waals surface area contributed by atoms with Gasteiger partial charge >= 0.3 is 5.91 Å². The number of hydrogen-bond donors (Lipinski definition) is 1. The van der Waals surface area contributed by atoms with E-state index in [2.05, 4.69) is 50.4 Å². The van der Waals surface area contributed by atoms with E-state index in [0.717, 1.165) is 39.3 Å². The molecule has 1 amide bonds. The largest absolute Gasteiger partial charge is 0.432 e. The zero-order valence-corrected chi connectivity index (χ0v) is 15.3. The minimum absolute atomic E-state index is 0.129. The number of piperazine rings is 1. The summed E-state index contributed by atoms with van der Waals surface area (Å²) in [4.78, 5) is 21.3. The van der Waals surface area contributed by atoms with Crippen LogP contribution in [0.25, 0.3) is 11.1 Å². The zero-order valence-electron chi connectivity index (χ0n) is 15.3. The standard InChI is InChI=1S/C21H24N4O2/c26-20(21-23-18-8-4-5-9-19(18)27-21)22-10-11-24-12-14-25(15-13-24)16-17-6-2-1-3-7-17/h1-9H,10-16H2,(H,22,26). The molecule has 1 aromatic heterocycles. The molecule has 0 atom stereocenters. The van der Waals surface area contributed by atoms with Crippen LogP contribution in [-0.4, -0.2) is 60.0 Å². The molecule has 1 aliphatic rings. The molecular formula is C21H24N4O2. The van der Waals surface area contributed by atoms with E-state index in [0.29, 0.717) is 17.6 Å². The van der Waals surface area contributed by atoms with Crippen molar-refractivity contribution in [2.24, 2.45) is 0 Å². The third-order valence-electron chi connectivity index (χ3n) is 4.92. The number of para-hydroxylation sites is 2. The van der Waals surface area contributed by atoms with Crippen molar-refractivity contribution in [2.45, 2.75) is 6.54 Å². The van der Waals surface area contributed by atoms with Crippen LogP contribution >= 0.6 is 0 Å². The van der Waals surface area contributed by atoms with E-state index in [1.807, 2.05) is 24.3 Å². The Labute approximate surface area is 158 Å². The molecule has 1 aliphatic heterocycles. The molecule has 6 nitrogen and oxygen atoms in total. The van der Waals surface area contributed by atoms with Gasteiger partial charge in [0.15, 0.2) is 5.58 Å². The van der Waals surface area contributed by atoms with Crippen molar-refractivity contribution in [2.75, 3.05) is 39.3 Å². The average molecular weight is 364 g/mol. The first-order valence-electron chi connectivity index (χ1n) is 9.40. The lowest BCUT2D eigenvalue weighted by Gasteiger charge is -2.34. The fraction of sp³-hybridized carbons (Fsp3) is 0.333. The highest BCUT2D eigenvalue weighted by Crippen LogP contribution is 2.14. The van der Waals surface area contributed by atoms with Gasteiger partial charge in [0.05, 0.1) is 0 Å². The Hall–Kier alpha value is -2.70. The van der Waals surface area contributed by atoms with Crippen LogP contribution in [0.5, 0.6) is 0 Å². The highest BCUT2D eigenvalue weighted by Gasteiger charge is 2.18. The number of carbonyl (C=O) groups excluding carboxylic acids is 1. The molecule has 0 aliphatic carbocycles. The summed E-state index contributed by atoms with van der Waals surface area (Å²) in [6, 6.07) is 18.0. The van der Waals surface area contributed by atoms with E-state index in [1.165, 1.54) is 5.56 Å². The Morgan fingerprint density at radius 2 is 1.67 bits per heavy atom. The quantitative estimate of drug-likeness (QED) is 0.728. The van der Waals surface area contributed by atoms with Gasteiger partial charge in [-0.2, -0.15) is 0 Å². The summed E-state index contributed by atoms with van der Waals surface area (Å²) >= 11 is 0. The second kappa shape index (κ2) is 8.33. The fourth-order valence-electron chi connectivity index (χ4n) is 3.39. The van der Waals surface area contributed by atoms with Crippen LogP contribution in [-0.2, 0) is 6.54 Å². The zero-order chi connectivity index (χ0) is 18.5. The smallest absolute Gasteiger partial charge is 0.307 e. The molecule has 4 rings (SSSR count). The number of nitrogens with one attached hydrogen (secondary N) is 1.